The van der Waals surface area contributed by atoms with Crippen LogP contribution in [0.4, 0.5) is 5.69 Å². The van der Waals surface area contributed by atoms with Crippen molar-refractivity contribution < 1.29 is 13.2 Å². The Hall–Kier alpha value is -1.90. The number of piperidine rings is 1. The Morgan fingerprint density at radius 1 is 1.11 bits per heavy atom. The van der Waals surface area contributed by atoms with E-state index in [-0.39, 0.29) is 16.1 Å². The molecule has 0 bridgehead atoms. The van der Waals surface area contributed by atoms with Gasteiger partial charge in [0.25, 0.3) is 0 Å². The van der Waals surface area contributed by atoms with Crippen LogP contribution in [0.25, 0.3) is 0 Å². The lowest BCUT2D eigenvalue weighted by Gasteiger charge is -2.25. The molecular weight excluding hydrogens is 394 g/mol. The molecule has 0 aliphatic carbocycles. The predicted octanol–water partition coefficient (Wildman–Crippen LogP) is 3.68. The van der Waals surface area contributed by atoms with Gasteiger partial charge in [-0.1, -0.05) is 35.9 Å². The van der Waals surface area contributed by atoms with E-state index < -0.39 is 10.0 Å². The summed E-state index contributed by atoms with van der Waals surface area (Å²) in [4.78, 5) is 16.8. The molecule has 1 aromatic carbocycles. The van der Waals surface area contributed by atoms with E-state index in [1.54, 1.807) is 19.1 Å². The Kier molecular flexibility index (Phi) is 6.74. The zero-order valence-electron chi connectivity index (χ0n) is 16.1. The number of carbonyl (C=O) groups is 1. The molecule has 8 heteroatoms. The summed E-state index contributed by atoms with van der Waals surface area (Å²) in [5, 5.41) is 3.13. The molecule has 3 rings (SSSR count). The first-order valence-corrected chi connectivity index (χ1v) is 11.7. The molecule has 6 nitrogen and oxygen atoms in total. The van der Waals surface area contributed by atoms with Crippen molar-refractivity contribution in [3.63, 3.8) is 0 Å². The first kappa shape index (κ1) is 20.8. The van der Waals surface area contributed by atoms with Gasteiger partial charge in [-0.25, -0.2) is 13.4 Å². The molecule has 1 saturated heterocycles. The highest BCUT2D eigenvalue weighted by atomic mass is 32.2. The van der Waals surface area contributed by atoms with E-state index in [0.29, 0.717) is 18.1 Å². The topological polar surface area (TPSA) is 79.4 Å². The number of nitrogens with one attached hydrogen (secondary N) is 1. The molecule has 0 spiro atoms. The number of aromatic nitrogens is 1. The van der Waals surface area contributed by atoms with Gasteiger partial charge < -0.3 is 5.32 Å². The number of hydrogen-bond donors (Lipinski definition) is 1. The molecule has 1 aliphatic rings. The maximum atomic E-state index is 12.7. The average Bonchev–Trinajstić information content (AvgIpc) is 2.70. The zero-order valence-corrected chi connectivity index (χ0v) is 17.7. The SMILES string of the molecule is Cc1ccc(NC(=O)[C@H](C)Sc2ccc(S(=O)(=O)N3CCCCC3)cn2)cc1. The second-order valence-electron chi connectivity index (χ2n) is 6.91. The van der Waals surface area contributed by atoms with Crippen molar-refractivity contribution in [1.82, 2.24) is 9.29 Å². The number of nitrogens with zero attached hydrogens (tertiary/aromatic N) is 2. The van der Waals surface area contributed by atoms with E-state index in [1.165, 1.54) is 22.3 Å². The van der Waals surface area contributed by atoms with Crippen molar-refractivity contribution in [2.75, 3.05) is 18.4 Å². The number of sulfonamides is 1. The number of rotatable bonds is 6. The summed E-state index contributed by atoms with van der Waals surface area (Å²) in [7, 11) is -3.49. The first-order chi connectivity index (χ1) is 13.4. The quantitative estimate of drug-likeness (QED) is 0.723. The molecule has 1 N–H and O–H groups in total. The van der Waals surface area contributed by atoms with Gasteiger partial charge in [0.05, 0.1) is 10.3 Å². The monoisotopic (exact) mass is 419 g/mol. The zero-order chi connectivity index (χ0) is 20.1. The lowest BCUT2D eigenvalue weighted by atomic mass is 10.2. The molecule has 1 atom stereocenters. The molecule has 0 radical (unpaired) electrons. The van der Waals surface area contributed by atoms with Gasteiger partial charge in [-0.3, -0.25) is 4.79 Å². The number of hydrogen-bond acceptors (Lipinski definition) is 5. The summed E-state index contributed by atoms with van der Waals surface area (Å²) in [6.07, 6.45) is 4.25. The second-order valence-corrected chi connectivity index (χ2v) is 10.2. The van der Waals surface area contributed by atoms with Gasteiger partial charge in [0.15, 0.2) is 0 Å². The van der Waals surface area contributed by atoms with Crippen molar-refractivity contribution in [2.45, 2.75) is 48.3 Å². The van der Waals surface area contributed by atoms with Crippen molar-refractivity contribution in [3.8, 4) is 0 Å². The summed E-state index contributed by atoms with van der Waals surface area (Å²) in [6.45, 7) is 4.92. The fourth-order valence-corrected chi connectivity index (χ4v) is 5.21. The Balaban J connectivity index is 1.61. The molecule has 150 valence electrons. The largest absolute Gasteiger partial charge is 0.325 e. The van der Waals surface area contributed by atoms with Crippen LogP contribution in [-0.2, 0) is 14.8 Å². The van der Waals surface area contributed by atoms with E-state index in [4.69, 9.17) is 0 Å². The molecule has 1 aliphatic heterocycles. The van der Waals surface area contributed by atoms with Gasteiger partial charge >= 0.3 is 0 Å². The lowest BCUT2D eigenvalue weighted by molar-refractivity contribution is -0.115. The van der Waals surface area contributed by atoms with Gasteiger partial charge in [-0.05, 0) is 51.0 Å². The highest BCUT2D eigenvalue weighted by Crippen LogP contribution is 2.25. The standard InChI is InChI=1S/C20H25N3O3S2/c1-15-6-8-17(9-7-15)22-20(24)16(2)27-19-11-10-18(14-21-19)28(25,26)23-12-4-3-5-13-23/h6-11,14,16H,3-5,12-13H2,1-2H3,(H,22,24)/t16-/m0/s1. The van der Waals surface area contributed by atoms with Crippen LogP contribution in [0.5, 0.6) is 0 Å². The van der Waals surface area contributed by atoms with Crippen molar-refractivity contribution >= 4 is 33.4 Å². The van der Waals surface area contributed by atoms with E-state index >= 15 is 0 Å². The van der Waals surface area contributed by atoms with Gasteiger partial charge in [-0.15, -0.1) is 0 Å². The number of pyridine rings is 1. The van der Waals surface area contributed by atoms with Crippen LogP contribution < -0.4 is 5.32 Å². The van der Waals surface area contributed by atoms with Gasteiger partial charge in [0, 0.05) is 25.0 Å². The highest BCUT2D eigenvalue weighted by Gasteiger charge is 2.26. The smallest absolute Gasteiger partial charge is 0.244 e. The summed E-state index contributed by atoms with van der Waals surface area (Å²) in [6, 6.07) is 10.8. The Morgan fingerprint density at radius 3 is 2.39 bits per heavy atom. The molecule has 1 amide bonds. The average molecular weight is 420 g/mol. The van der Waals surface area contributed by atoms with Crippen LogP contribution in [0.15, 0.2) is 52.5 Å². The molecule has 1 aromatic heterocycles. The van der Waals surface area contributed by atoms with Gasteiger partial charge in [0.2, 0.25) is 15.9 Å². The molecule has 0 saturated carbocycles. The Labute approximate surface area is 170 Å². The van der Waals surface area contributed by atoms with Crippen LogP contribution in [0.3, 0.4) is 0 Å². The highest BCUT2D eigenvalue weighted by molar-refractivity contribution is 8.00. The summed E-state index contributed by atoms with van der Waals surface area (Å²) >= 11 is 1.30. The fourth-order valence-electron chi connectivity index (χ4n) is 2.96. The minimum atomic E-state index is -3.49. The molecule has 2 heterocycles. The van der Waals surface area contributed by atoms with E-state index in [9.17, 15) is 13.2 Å². The number of aryl methyl sites for hydroxylation is 1. The van der Waals surface area contributed by atoms with Gasteiger partial charge in [-0.2, -0.15) is 4.31 Å². The summed E-state index contributed by atoms with van der Waals surface area (Å²) < 4.78 is 26.9. The minimum Gasteiger partial charge on any atom is -0.325 e. The number of carbonyl (C=O) groups excluding carboxylic acids is 1. The van der Waals surface area contributed by atoms with Crippen molar-refractivity contribution in [2.24, 2.45) is 0 Å². The second kappa shape index (κ2) is 9.07. The number of amides is 1. The lowest BCUT2D eigenvalue weighted by Crippen LogP contribution is -2.35. The third-order valence-electron chi connectivity index (χ3n) is 4.65. The van der Waals surface area contributed by atoms with Crippen LogP contribution in [-0.4, -0.2) is 42.0 Å². The molecule has 2 aromatic rings. The number of benzene rings is 1. The molecule has 1 fully saturated rings. The first-order valence-electron chi connectivity index (χ1n) is 9.36. The van der Waals surface area contributed by atoms with Crippen LogP contribution in [0, 0.1) is 6.92 Å². The Morgan fingerprint density at radius 2 is 1.79 bits per heavy atom. The van der Waals surface area contributed by atoms with E-state index in [2.05, 4.69) is 10.3 Å². The van der Waals surface area contributed by atoms with Gasteiger partial charge in [0.1, 0.15) is 4.90 Å². The fraction of sp³-hybridized carbons (Fsp3) is 0.400. The van der Waals surface area contributed by atoms with Crippen molar-refractivity contribution in [3.05, 3.63) is 48.2 Å². The minimum absolute atomic E-state index is 0.124. The van der Waals surface area contributed by atoms with Crippen LogP contribution in [0.2, 0.25) is 0 Å². The summed E-state index contributed by atoms with van der Waals surface area (Å²) in [5.41, 5.74) is 1.88. The molecule has 28 heavy (non-hydrogen) atoms. The molecule has 0 unspecified atom stereocenters. The maximum absolute atomic E-state index is 12.7. The van der Waals surface area contributed by atoms with Crippen molar-refractivity contribution in [1.29, 1.82) is 0 Å². The maximum Gasteiger partial charge on any atom is 0.244 e. The number of thioether (sulfide) groups is 1. The third-order valence-corrected chi connectivity index (χ3v) is 7.58. The van der Waals surface area contributed by atoms with E-state index in [0.717, 1.165) is 30.5 Å². The number of anilines is 1. The van der Waals surface area contributed by atoms with E-state index in [1.807, 2.05) is 31.2 Å². The van der Waals surface area contributed by atoms with Crippen LogP contribution >= 0.6 is 11.8 Å². The normalized spacial score (nSPS) is 16.5. The summed E-state index contributed by atoms with van der Waals surface area (Å²) in [5.74, 6) is -0.124. The predicted molar refractivity (Wildman–Crippen MR) is 112 cm³/mol. The molecular formula is C20H25N3O3S2. The third kappa shape index (κ3) is 5.12. The Bertz CT molecular complexity index is 907. The van der Waals surface area contributed by atoms with Crippen LogP contribution in [0.1, 0.15) is 31.7 Å².